The van der Waals surface area contributed by atoms with E-state index >= 15 is 0 Å². The molecule has 1 aliphatic carbocycles. The van der Waals surface area contributed by atoms with Crippen LogP contribution in [0.4, 0.5) is 0 Å². The predicted octanol–water partition coefficient (Wildman–Crippen LogP) is 3.29. The standard InChI is InChI=1S/C17H36N2O/c1-16(2)18-14-17(10-7-5-6-8-11-17)15-19(3)12-9-13-20-4/h16,18H,5-15H2,1-4H3. The fraction of sp³-hybridized carbons (Fsp3) is 1.00. The van der Waals surface area contributed by atoms with E-state index in [4.69, 9.17) is 4.74 Å². The van der Waals surface area contributed by atoms with Crippen molar-refractivity contribution in [3.05, 3.63) is 0 Å². The molecule has 1 aliphatic rings. The summed E-state index contributed by atoms with van der Waals surface area (Å²) < 4.78 is 5.17. The highest BCUT2D eigenvalue weighted by Gasteiger charge is 2.31. The van der Waals surface area contributed by atoms with Crippen LogP contribution in [0.5, 0.6) is 0 Å². The molecule has 0 spiro atoms. The third-order valence-corrected chi connectivity index (χ3v) is 4.54. The summed E-state index contributed by atoms with van der Waals surface area (Å²) in [7, 11) is 4.07. The van der Waals surface area contributed by atoms with Crippen LogP contribution in [0.15, 0.2) is 0 Å². The Bertz CT molecular complexity index is 235. The first-order chi connectivity index (χ1) is 9.58. The SMILES string of the molecule is COCCCN(C)CC1(CNC(C)C)CCCCCC1. The van der Waals surface area contributed by atoms with E-state index in [1.165, 1.54) is 51.6 Å². The maximum absolute atomic E-state index is 5.17. The van der Waals surface area contributed by atoms with Crippen molar-refractivity contribution in [2.24, 2.45) is 5.41 Å². The quantitative estimate of drug-likeness (QED) is 0.519. The van der Waals surface area contributed by atoms with Crippen LogP contribution in [-0.2, 0) is 4.74 Å². The number of hydrogen-bond acceptors (Lipinski definition) is 3. The third-order valence-electron chi connectivity index (χ3n) is 4.54. The molecule has 0 aromatic heterocycles. The zero-order chi connectivity index (χ0) is 14.8. The van der Waals surface area contributed by atoms with Crippen LogP contribution < -0.4 is 5.32 Å². The highest BCUT2D eigenvalue weighted by atomic mass is 16.5. The van der Waals surface area contributed by atoms with Gasteiger partial charge in [-0.3, -0.25) is 0 Å². The van der Waals surface area contributed by atoms with Gasteiger partial charge in [0.1, 0.15) is 0 Å². The number of nitrogens with one attached hydrogen (secondary N) is 1. The van der Waals surface area contributed by atoms with Gasteiger partial charge < -0.3 is 15.0 Å². The molecule has 1 rings (SSSR count). The molecule has 0 aromatic carbocycles. The van der Waals surface area contributed by atoms with Crippen molar-refractivity contribution in [2.75, 3.05) is 40.4 Å². The molecule has 0 saturated heterocycles. The Labute approximate surface area is 126 Å². The average molecular weight is 284 g/mol. The molecule has 120 valence electrons. The second-order valence-electron chi connectivity index (χ2n) is 7.03. The Morgan fingerprint density at radius 1 is 1.15 bits per heavy atom. The minimum absolute atomic E-state index is 0.489. The molecule has 0 unspecified atom stereocenters. The summed E-state index contributed by atoms with van der Waals surface area (Å²) in [6, 6.07) is 0.592. The topological polar surface area (TPSA) is 24.5 Å². The van der Waals surface area contributed by atoms with Gasteiger partial charge in [0.15, 0.2) is 0 Å². The lowest BCUT2D eigenvalue weighted by Crippen LogP contribution is -2.44. The minimum atomic E-state index is 0.489. The van der Waals surface area contributed by atoms with Crippen LogP contribution in [0.3, 0.4) is 0 Å². The van der Waals surface area contributed by atoms with Crippen molar-refractivity contribution in [3.8, 4) is 0 Å². The van der Waals surface area contributed by atoms with Crippen molar-refractivity contribution in [2.45, 2.75) is 64.8 Å². The molecule has 1 fully saturated rings. The summed E-state index contributed by atoms with van der Waals surface area (Å²) in [4.78, 5) is 2.52. The third kappa shape index (κ3) is 7.05. The summed E-state index contributed by atoms with van der Waals surface area (Å²) in [5.41, 5.74) is 0.489. The lowest BCUT2D eigenvalue weighted by atomic mass is 9.79. The largest absolute Gasteiger partial charge is 0.385 e. The van der Waals surface area contributed by atoms with E-state index < -0.39 is 0 Å². The summed E-state index contributed by atoms with van der Waals surface area (Å²) in [6.45, 7) is 8.95. The minimum Gasteiger partial charge on any atom is -0.385 e. The van der Waals surface area contributed by atoms with Gasteiger partial charge in [-0.2, -0.15) is 0 Å². The molecule has 1 N–H and O–H groups in total. The maximum Gasteiger partial charge on any atom is 0.0474 e. The Kier molecular flexibility index (Phi) is 8.74. The van der Waals surface area contributed by atoms with E-state index in [9.17, 15) is 0 Å². The highest BCUT2D eigenvalue weighted by molar-refractivity contribution is 4.87. The fourth-order valence-corrected chi connectivity index (χ4v) is 3.42. The van der Waals surface area contributed by atoms with E-state index in [1.807, 2.05) is 0 Å². The molecule has 20 heavy (non-hydrogen) atoms. The Hall–Kier alpha value is -0.120. The molecule has 0 atom stereocenters. The van der Waals surface area contributed by atoms with Crippen molar-refractivity contribution in [1.29, 1.82) is 0 Å². The van der Waals surface area contributed by atoms with Crippen LogP contribution in [0.2, 0.25) is 0 Å². The smallest absolute Gasteiger partial charge is 0.0474 e. The number of methoxy groups -OCH3 is 1. The van der Waals surface area contributed by atoms with Gasteiger partial charge in [-0.15, -0.1) is 0 Å². The number of ether oxygens (including phenoxy) is 1. The molecule has 1 saturated carbocycles. The molecule has 3 nitrogen and oxygen atoms in total. The van der Waals surface area contributed by atoms with E-state index in [0.29, 0.717) is 11.5 Å². The zero-order valence-corrected chi connectivity index (χ0v) is 14.2. The number of nitrogens with zero attached hydrogens (tertiary/aromatic N) is 1. The first-order valence-corrected chi connectivity index (χ1v) is 8.49. The van der Waals surface area contributed by atoms with Gasteiger partial charge in [0.05, 0.1) is 0 Å². The van der Waals surface area contributed by atoms with Gasteiger partial charge in [0.25, 0.3) is 0 Å². The lowest BCUT2D eigenvalue weighted by Gasteiger charge is -2.37. The summed E-state index contributed by atoms with van der Waals surface area (Å²) in [5.74, 6) is 0. The van der Waals surface area contributed by atoms with E-state index in [1.54, 1.807) is 7.11 Å². The molecule has 0 aliphatic heterocycles. The van der Waals surface area contributed by atoms with Gasteiger partial charge in [-0.1, -0.05) is 39.5 Å². The van der Waals surface area contributed by atoms with Gasteiger partial charge in [-0.05, 0) is 31.7 Å². The summed E-state index contributed by atoms with van der Waals surface area (Å²) >= 11 is 0. The van der Waals surface area contributed by atoms with Gasteiger partial charge >= 0.3 is 0 Å². The van der Waals surface area contributed by atoms with Gasteiger partial charge in [0, 0.05) is 39.4 Å². The molecular weight excluding hydrogens is 248 g/mol. The Balaban J connectivity index is 2.51. The fourth-order valence-electron chi connectivity index (χ4n) is 3.42. The van der Waals surface area contributed by atoms with Crippen LogP contribution in [0.25, 0.3) is 0 Å². The highest BCUT2D eigenvalue weighted by Crippen LogP contribution is 2.35. The first-order valence-electron chi connectivity index (χ1n) is 8.49. The lowest BCUT2D eigenvalue weighted by molar-refractivity contribution is 0.128. The zero-order valence-electron chi connectivity index (χ0n) is 14.2. The van der Waals surface area contributed by atoms with E-state index in [-0.39, 0.29) is 0 Å². The van der Waals surface area contributed by atoms with Gasteiger partial charge in [0.2, 0.25) is 0 Å². The van der Waals surface area contributed by atoms with Crippen molar-refractivity contribution in [3.63, 3.8) is 0 Å². The Morgan fingerprint density at radius 3 is 2.35 bits per heavy atom. The molecule has 0 heterocycles. The normalized spacial score (nSPS) is 19.5. The van der Waals surface area contributed by atoms with Crippen LogP contribution in [0, 0.1) is 5.41 Å². The van der Waals surface area contributed by atoms with Crippen molar-refractivity contribution >= 4 is 0 Å². The average Bonchev–Trinajstić information content (AvgIpc) is 2.63. The van der Waals surface area contributed by atoms with Crippen LogP contribution >= 0.6 is 0 Å². The summed E-state index contributed by atoms with van der Waals surface area (Å²) in [6.07, 6.45) is 9.59. The van der Waals surface area contributed by atoms with E-state index in [2.05, 4.69) is 31.1 Å². The monoisotopic (exact) mass is 284 g/mol. The number of rotatable bonds is 9. The van der Waals surface area contributed by atoms with Gasteiger partial charge in [-0.25, -0.2) is 0 Å². The molecule has 0 amide bonds. The van der Waals surface area contributed by atoms with Crippen LogP contribution in [-0.4, -0.2) is 51.3 Å². The molecule has 0 aromatic rings. The molecular formula is C17H36N2O. The Morgan fingerprint density at radius 2 is 1.80 bits per heavy atom. The van der Waals surface area contributed by atoms with Crippen molar-refractivity contribution in [1.82, 2.24) is 10.2 Å². The maximum atomic E-state index is 5.17. The van der Waals surface area contributed by atoms with Crippen LogP contribution in [0.1, 0.15) is 58.8 Å². The second-order valence-corrected chi connectivity index (χ2v) is 7.03. The predicted molar refractivity (Wildman–Crippen MR) is 87.3 cm³/mol. The van der Waals surface area contributed by atoms with Crippen molar-refractivity contribution < 1.29 is 4.74 Å². The summed E-state index contributed by atoms with van der Waals surface area (Å²) in [5, 5.41) is 3.71. The number of hydrogen-bond donors (Lipinski definition) is 1. The second kappa shape index (κ2) is 9.75. The molecule has 0 bridgehead atoms. The first kappa shape index (κ1) is 17.9. The van der Waals surface area contributed by atoms with E-state index in [0.717, 1.165) is 19.6 Å². The molecule has 0 radical (unpaired) electrons. The molecule has 3 heteroatoms.